The van der Waals surface area contributed by atoms with Gasteiger partial charge in [-0.25, -0.2) is 13.6 Å². The minimum atomic E-state index is -0.882. The molecule has 126 valence electrons. The van der Waals surface area contributed by atoms with E-state index in [1.54, 1.807) is 6.07 Å². The highest BCUT2D eigenvalue weighted by Crippen LogP contribution is 2.56. The molecule has 1 atom stereocenters. The van der Waals surface area contributed by atoms with Crippen molar-refractivity contribution >= 4 is 5.91 Å². The summed E-state index contributed by atoms with van der Waals surface area (Å²) in [5.74, 6) is -3.44. The van der Waals surface area contributed by atoms with E-state index in [9.17, 15) is 18.4 Å². The maximum Gasteiger partial charge on any atom is 0.439 e. The smallest absolute Gasteiger partial charge is 0.335 e. The Bertz CT molecular complexity index is 856. The zero-order valence-electron chi connectivity index (χ0n) is 12.7. The van der Waals surface area contributed by atoms with E-state index in [0.29, 0.717) is 12.1 Å². The molecule has 2 heterocycles. The monoisotopic (exact) mass is 335 g/mol. The number of aromatic amines is 1. The first-order valence-corrected chi connectivity index (χ1v) is 7.79. The van der Waals surface area contributed by atoms with E-state index >= 15 is 0 Å². The molecule has 1 amide bonds. The van der Waals surface area contributed by atoms with Crippen LogP contribution in [0.1, 0.15) is 41.4 Å². The maximum absolute atomic E-state index is 14.3. The molecule has 4 rings (SSSR count). The lowest BCUT2D eigenvalue weighted by atomic mass is 9.61. The summed E-state index contributed by atoms with van der Waals surface area (Å²) >= 11 is 0. The number of halogens is 2. The Labute approximate surface area is 135 Å². The first kappa shape index (κ1) is 15.0. The van der Waals surface area contributed by atoms with Crippen molar-refractivity contribution in [3.05, 3.63) is 51.8 Å². The van der Waals surface area contributed by atoms with E-state index in [0.717, 1.165) is 25.3 Å². The SMILES string of the molecule is O=C(c1noc(=O)[nH]1)N1C[C@@H](c2cccc(F)c2F)C2(CCC2)C1. The van der Waals surface area contributed by atoms with Crippen molar-refractivity contribution in [3.8, 4) is 0 Å². The number of likely N-dealkylation sites (tertiary alicyclic amines) is 1. The van der Waals surface area contributed by atoms with Gasteiger partial charge in [0.2, 0.25) is 5.82 Å². The molecule has 1 aliphatic heterocycles. The Kier molecular flexibility index (Phi) is 3.29. The number of nitrogens with zero attached hydrogens (tertiary/aromatic N) is 2. The van der Waals surface area contributed by atoms with Gasteiger partial charge in [0.1, 0.15) is 0 Å². The molecule has 0 unspecified atom stereocenters. The van der Waals surface area contributed by atoms with Crippen LogP contribution in [0.3, 0.4) is 0 Å². The molecule has 2 aliphatic rings. The second-order valence-corrected chi connectivity index (χ2v) is 6.54. The van der Waals surface area contributed by atoms with E-state index in [2.05, 4.69) is 14.7 Å². The van der Waals surface area contributed by atoms with Gasteiger partial charge in [-0.3, -0.25) is 14.3 Å². The summed E-state index contributed by atoms with van der Waals surface area (Å²) in [5.41, 5.74) is 0.0626. The summed E-state index contributed by atoms with van der Waals surface area (Å²) in [6, 6.07) is 4.15. The van der Waals surface area contributed by atoms with Crippen LogP contribution in [0.15, 0.2) is 27.5 Å². The Morgan fingerprint density at radius 3 is 2.79 bits per heavy atom. The van der Waals surface area contributed by atoms with Crippen LogP contribution in [0.4, 0.5) is 8.78 Å². The Hall–Kier alpha value is -2.51. The Morgan fingerprint density at radius 2 is 2.17 bits per heavy atom. The number of hydrogen-bond acceptors (Lipinski definition) is 4. The minimum absolute atomic E-state index is 0.171. The minimum Gasteiger partial charge on any atom is -0.335 e. The summed E-state index contributed by atoms with van der Waals surface area (Å²) in [6.45, 7) is 0.690. The molecule has 1 aromatic heterocycles. The van der Waals surface area contributed by atoms with Crippen molar-refractivity contribution in [2.75, 3.05) is 13.1 Å². The molecule has 2 aromatic rings. The van der Waals surface area contributed by atoms with Gasteiger partial charge in [-0.05, 0) is 35.0 Å². The van der Waals surface area contributed by atoms with Gasteiger partial charge in [-0.2, -0.15) is 0 Å². The number of carbonyl (C=O) groups excluding carboxylic acids is 1. The van der Waals surface area contributed by atoms with E-state index in [-0.39, 0.29) is 23.7 Å². The normalized spacial score (nSPS) is 21.9. The first-order chi connectivity index (χ1) is 11.5. The quantitative estimate of drug-likeness (QED) is 0.911. The molecule has 1 aliphatic carbocycles. The van der Waals surface area contributed by atoms with Gasteiger partial charge < -0.3 is 4.90 Å². The zero-order chi connectivity index (χ0) is 16.9. The Balaban J connectivity index is 1.67. The number of aromatic nitrogens is 2. The standard InChI is InChI=1S/C16H15F2N3O3/c17-11-4-1-3-9(12(11)18)10-7-21(8-16(10)5-2-6-16)14(22)13-19-15(23)24-20-13/h1,3-4,10H,2,5-8H2,(H,19,20,23)/t10-/m0/s1. The Morgan fingerprint density at radius 1 is 1.38 bits per heavy atom. The van der Waals surface area contributed by atoms with Gasteiger partial charge in [-0.1, -0.05) is 18.6 Å². The summed E-state index contributed by atoms with van der Waals surface area (Å²) < 4.78 is 32.2. The molecule has 2 fully saturated rings. The summed E-state index contributed by atoms with van der Waals surface area (Å²) in [5, 5.41) is 3.41. The molecule has 8 heteroatoms. The third kappa shape index (κ3) is 2.16. The van der Waals surface area contributed by atoms with Crippen LogP contribution in [0, 0.1) is 17.0 Å². The number of amides is 1. The molecule has 1 saturated heterocycles. The van der Waals surface area contributed by atoms with Crippen LogP contribution in [-0.2, 0) is 0 Å². The van der Waals surface area contributed by atoms with Crippen molar-refractivity contribution < 1.29 is 18.1 Å². The van der Waals surface area contributed by atoms with E-state index in [1.165, 1.54) is 11.0 Å². The zero-order valence-corrected chi connectivity index (χ0v) is 12.7. The van der Waals surface area contributed by atoms with Gasteiger partial charge in [0.05, 0.1) is 0 Å². The highest BCUT2D eigenvalue weighted by Gasteiger charge is 2.53. The van der Waals surface area contributed by atoms with Crippen LogP contribution < -0.4 is 5.76 Å². The van der Waals surface area contributed by atoms with Crippen LogP contribution in [0.2, 0.25) is 0 Å². The van der Waals surface area contributed by atoms with Crippen molar-refractivity contribution in [1.29, 1.82) is 0 Å². The van der Waals surface area contributed by atoms with E-state index in [4.69, 9.17) is 0 Å². The summed E-state index contributed by atoms with van der Waals surface area (Å²) in [4.78, 5) is 27.3. The largest absolute Gasteiger partial charge is 0.439 e. The van der Waals surface area contributed by atoms with Gasteiger partial charge >= 0.3 is 5.76 Å². The number of benzene rings is 1. The molecule has 1 N–H and O–H groups in total. The van der Waals surface area contributed by atoms with Gasteiger partial charge in [0, 0.05) is 19.0 Å². The fraction of sp³-hybridized carbons (Fsp3) is 0.438. The predicted molar refractivity (Wildman–Crippen MR) is 78.4 cm³/mol. The van der Waals surface area contributed by atoms with Crippen molar-refractivity contribution in [2.24, 2.45) is 5.41 Å². The van der Waals surface area contributed by atoms with Crippen molar-refractivity contribution in [1.82, 2.24) is 15.0 Å². The maximum atomic E-state index is 14.3. The van der Waals surface area contributed by atoms with Crippen LogP contribution in [0.25, 0.3) is 0 Å². The van der Waals surface area contributed by atoms with Crippen LogP contribution >= 0.6 is 0 Å². The number of hydrogen-bond donors (Lipinski definition) is 1. The van der Waals surface area contributed by atoms with Crippen molar-refractivity contribution in [2.45, 2.75) is 25.2 Å². The molecular weight excluding hydrogens is 320 g/mol. The number of rotatable bonds is 2. The molecule has 1 spiro atoms. The fourth-order valence-corrected chi connectivity index (χ4v) is 3.95. The average Bonchev–Trinajstić information content (AvgIpc) is 3.13. The molecule has 0 bridgehead atoms. The second kappa shape index (κ2) is 5.25. The molecule has 6 nitrogen and oxygen atoms in total. The summed E-state index contributed by atoms with van der Waals surface area (Å²) in [6.07, 6.45) is 2.70. The van der Waals surface area contributed by atoms with E-state index < -0.39 is 23.3 Å². The number of H-pyrrole nitrogens is 1. The highest BCUT2D eigenvalue weighted by molar-refractivity contribution is 5.90. The number of carbonyl (C=O) groups is 1. The highest BCUT2D eigenvalue weighted by atomic mass is 19.2. The fourth-order valence-electron chi connectivity index (χ4n) is 3.95. The van der Waals surface area contributed by atoms with Crippen molar-refractivity contribution in [3.63, 3.8) is 0 Å². The third-order valence-corrected chi connectivity index (χ3v) is 5.28. The van der Waals surface area contributed by atoms with E-state index in [1.807, 2.05) is 0 Å². The second-order valence-electron chi connectivity index (χ2n) is 6.54. The molecule has 1 saturated carbocycles. The molecule has 1 aromatic carbocycles. The number of nitrogens with one attached hydrogen (secondary N) is 1. The average molecular weight is 335 g/mol. The van der Waals surface area contributed by atoms with Crippen LogP contribution in [-0.4, -0.2) is 34.0 Å². The lowest BCUT2D eigenvalue weighted by Crippen LogP contribution is -2.38. The molecular formula is C16H15F2N3O3. The lowest BCUT2D eigenvalue weighted by Gasteiger charge is -2.43. The first-order valence-electron chi connectivity index (χ1n) is 7.79. The topological polar surface area (TPSA) is 79.2 Å². The lowest BCUT2D eigenvalue weighted by molar-refractivity contribution is 0.0710. The molecule has 0 radical (unpaired) electrons. The van der Waals surface area contributed by atoms with Gasteiger partial charge in [-0.15, -0.1) is 0 Å². The third-order valence-electron chi connectivity index (χ3n) is 5.28. The van der Waals surface area contributed by atoms with Gasteiger partial charge in [0.15, 0.2) is 11.6 Å². The molecule has 24 heavy (non-hydrogen) atoms. The summed E-state index contributed by atoms with van der Waals surface area (Å²) in [7, 11) is 0. The van der Waals surface area contributed by atoms with Gasteiger partial charge in [0.25, 0.3) is 5.91 Å². The predicted octanol–water partition coefficient (Wildman–Crippen LogP) is 2.05. The van der Waals surface area contributed by atoms with Crippen LogP contribution in [0.5, 0.6) is 0 Å².